The van der Waals surface area contributed by atoms with E-state index in [0.29, 0.717) is 25.3 Å². The van der Waals surface area contributed by atoms with Crippen LogP contribution in [0.4, 0.5) is 4.79 Å². The molecule has 0 radical (unpaired) electrons. The quantitative estimate of drug-likeness (QED) is 0.940. The second-order valence-electron chi connectivity index (χ2n) is 5.84. The fraction of sp³-hybridized carbons (Fsp3) is 0.389. The third kappa shape index (κ3) is 3.48. The molecule has 1 saturated heterocycles. The van der Waals surface area contributed by atoms with E-state index in [-0.39, 0.29) is 18.0 Å². The van der Waals surface area contributed by atoms with Crippen LogP contribution in [0.3, 0.4) is 0 Å². The number of carbonyl (C=O) groups excluding carboxylic acids is 2. The highest BCUT2D eigenvalue weighted by atomic mass is 16.6. The molecule has 2 heterocycles. The SMILES string of the molecule is CCOC(=O)N1CCC(NC(=O)c2cccc3ccncc23)CC1. The average molecular weight is 327 g/mol. The van der Waals surface area contributed by atoms with Crippen molar-refractivity contribution in [2.24, 2.45) is 0 Å². The van der Waals surface area contributed by atoms with Gasteiger partial charge in [0.1, 0.15) is 0 Å². The molecule has 0 unspecified atom stereocenters. The number of ether oxygens (including phenoxy) is 1. The highest BCUT2D eigenvalue weighted by Gasteiger charge is 2.25. The van der Waals surface area contributed by atoms with E-state index in [1.807, 2.05) is 24.3 Å². The second kappa shape index (κ2) is 7.29. The highest BCUT2D eigenvalue weighted by molar-refractivity contribution is 6.06. The molecule has 0 aliphatic carbocycles. The number of pyridine rings is 1. The molecule has 1 aromatic carbocycles. The van der Waals surface area contributed by atoms with Gasteiger partial charge in [-0.15, -0.1) is 0 Å². The van der Waals surface area contributed by atoms with E-state index in [9.17, 15) is 9.59 Å². The normalized spacial score (nSPS) is 15.3. The van der Waals surface area contributed by atoms with Gasteiger partial charge in [-0.25, -0.2) is 4.79 Å². The highest BCUT2D eigenvalue weighted by Crippen LogP contribution is 2.18. The summed E-state index contributed by atoms with van der Waals surface area (Å²) in [5, 5.41) is 4.92. The third-order valence-electron chi connectivity index (χ3n) is 4.28. The maximum absolute atomic E-state index is 12.6. The van der Waals surface area contributed by atoms with Crippen molar-refractivity contribution in [2.45, 2.75) is 25.8 Å². The van der Waals surface area contributed by atoms with Gasteiger partial charge in [-0.3, -0.25) is 9.78 Å². The van der Waals surface area contributed by atoms with Gasteiger partial charge in [-0.05, 0) is 37.3 Å². The maximum atomic E-state index is 12.6. The van der Waals surface area contributed by atoms with Crippen LogP contribution in [0.5, 0.6) is 0 Å². The lowest BCUT2D eigenvalue weighted by Crippen LogP contribution is -2.46. The first-order chi connectivity index (χ1) is 11.7. The van der Waals surface area contributed by atoms with Crippen molar-refractivity contribution in [3.8, 4) is 0 Å². The minimum Gasteiger partial charge on any atom is -0.450 e. The molecule has 6 heteroatoms. The Labute approximate surface area is 140 Å². The Balaban J connectivity index is 1.63. The summed E-state index contributed by atoms with van der Waals surface area (Å²) in [6, 6.07) is 7.61. The lowest BCUT2D eigenvalue weighted by atomic mass is 10.0. The predicted molar refractivity (Wildman–Crippen MR) is 90.8 cm³/mol. The van der Waals surface area contributed by atoms with E-state index < -0.39 is 0 Å². The number of benzene rings is 1. The number of aromatic nitrogens is 1. The van der Waals surface area contributed by atoms with Gasteiger partial charge in [-0.1, -0.05) is 12.1 Å². The molecule has 3 rings (SSSR count). The molecule has 0 saturated carbocycles. The summed E-state index contributed by atoms with van der Waals surface area (Å²) in [6.45, 7) is 3.37. The second-order valence-corrected chi connectivity index (χ2v) is 5.84. The van der Waals surface area contributed by atoms with E-state index in [1.54, 1.807) is 24.2 Å². The summed E-state index contributed by atoms with van der Waals surface area (Å²) in [5.41, 5.74) is 0.633. The Morgan fingerprint density at radius 3 is 2.83 bits per heavy atom. The number of piperidine rings is 1. The van der Waals surface area contributed by atoms with Gasteiger partial charge in [0, 0.05) is 42.5 Å². The summed E-state index contributed by atoms with van der Waals surface area (Å²) in [6.07, 6.45) is 4.62. The molecule has 0 bridgehead atoms. The predicted octanol–water partition coefficient (Wildman–Crippen LogP) is 2.59. The van der Waals surface area contributed by atoms with Gasteiger partial charge in [0.25, 0.3) is 5.91 Å². The zero-order valence-corrected chi connectivity index (χ0v) is 13.7. The Kier molecular flexibility index (Phi) is 4.93. The molecule has 1 fully saturated rings. The molecule has 24 heavy (non-hydrogen) atoms. The summed E-state index contributed by atoms with van der Waals surface area (Å²) in [7, 11) is 0. The molecular formula is C18H21N3O3. The molecule has 6 nitrogen and oxygen atoms in total. The Bertz CT molecular complexity index is 734. The van der Waals surface area contributed by atoms with Crippen molar-refractivity contribution >= 4 is 22.8 Å². The number of hydrogen-bond acceptors (Lipinski definition) is 4. The van der Waals surface area contributed by atoms with Gasteiger partial charge in [-0.2, -0.15) is 0 Å². The number of rotatable bonds is 3. The molecule has 126 valence electrons. The monoisotopic (exact) mass is 327 g/mol. The number of fused-ring (bicyclic) bond motifs is 1. The summed E-state index contributed by atoms with van der Waals surface area (Å²) in [5.74, 6) is -0.0943. The van der Waals surface area contributed by atoms with Gasteiger partial charge in [0.05, 0.1) is 6.61 Å². The first kappa shape index (κ1) is 16.2. The lowest BCUT2D eigenvalue weighted by Gasteiger charge is -2.31. The van der Waals surface area contributed by atoms with E-state index in [1.165, 1.54) is 0 Å². The number of amides is 2. The summed E-state index contributed by atoms with van der Waals surface area (Å²) < 4.78 is 5.01. The maximum Gasteiger partial charge on any atom is 0.409 e. The van der Waals surface area contributed by atoms with Crippen LogP contribution in [0.15, 0.2) is 36.7 Å². The topological polar surface area (TPSA) is 71.5 Å². The van der Waals surface area contributed by atoms with Crippen molar-refractivity contribution in [3.63, 3.8) is 0 Å². The van der Waals surface area contributed by atoms with Crippen molar-refractivity contribution in [2.75, 3.05) is 19.7 Å². The molecule has 0 spiro atoms. The van der Waals surface area contributed by atoms with Crippen LogP contribution in [-0.2, 0) is 4.74 Å². The van der Waals surface area contributed by atoms with E-state index in [0.717, 1.165) is 23.6 Å². The molecule has 1 aliphatic heterocycles. The van der Waals surface area contributed by atoms with Crippen molar-refractivity contribution in [1.29, 1.82) is 0 Å². The number of nitrogens with one attached hydrogen (secondary N) is 1. The average Bonchev–Trinajstić information content (AvgIpc) is 2.62. The number of likely N-dealkylation sites (tertiary alicyclic amines) is 1. The zero-order valence-electron chi connectivity index (χ0n) is 13.7. The van der Waals surface area contributed by atoms with E-state index in [2.05, 4.69) is 10.3 Å². The van der Waals surface area contributed by atoms with Crippen LogP contribution in [0, 0.1) is 0 Å². The minimum absolute atomic E-state index is 0.0649. The number of nitrogens with zero attached hydrogens (tertiary/aromatic N) is 2. The van der Waals surface area contributed by atoms with Crippen LogP contribution < -0.4 is 5.32 Å². The molecule has 1 aromatic heterocycles. The summed E-state index contributed by atoms with van der Waals surface area (Å²) in [4.78, 5) is 30.1. The summed E-state index contributed by atoms with van der Waals surface area (Å²) >= 11 is 0. The molecular weight excluding hydrogens is 306 g/mol. The number of hydrogen-bond donors (Lipinski definition) is 1. The van der Waals surface area contributed by atoms with Gasteiger partial charge < -0.3 is 15.0 Å². The number of carbonyl (C=O) groups is 2. The first-order valence-electron chi connectivity index (χ1n) is 8.24. The smallest absolute Gasteiger partial charge is 0.409 e. The van der Waals surface area contributed by atoms with Crippen molar-refractivity contribution < 1.29 is 14.3 Å². The Morgan fingerprint density at radius 2 is 2.08 bits per heavy atom. The lowest BCUT2D eigenvalue weighted by molar-refractivity contribution is 0.0861. The van der Waals surface area contributed by atoms with Crippen molar-refractivity contribution in [1.82, 2.24) is 15.2 Å². The van der Waals surface area contributed by atoms with Crippen LogP contribution in [0.25, 0.3) is 10.8 Å². The van der Waals surface area contributed by atoms with Crippen molar-refractivity contribution in [3.05, 3.63) is 42.2 Å². The standard InChI is InChI=1S/C18H21N3O3/c1-2-24-18(23)21-10-7-14(8-11-21)20-17(22)15-5-3-4-13-6-9-19-12-16(13)15/h3-6,9,12,14H,2,7-8,10-11H2,1H3,(H,20,22). The Hall–Kier alpha value is -2.63. The molecule has 2 aromatic rings. The molecule has 1 N–H and O–H groups in total. The molecule has 2 amide bonds. The van der Waals surface area contributed by atoms with Gasteiger partial charge in [0.2, 0.25) is 0 Å². The molecule has 1 aliphatic rings. The van der Waals surface area contributed by atoms with Crippen LogP contribution in [0.2, 0.25) is 0 Å². The Morgan fingerprint density at radius 1 is 1.29 bits per heavy atom. The fourth-order valence-corrected chi connectivity index (χ4v) is 3.00. The van der Waals surface area contributed by atoms with E-state index in [4.69, 9.17) is 4.74 Å². The largest absolute Gasteiger partial charge is 0.450 e. The van der Waals surface area contributed by atoms with Gasteiger partial charge >= 0.3 is 6.09 Å². The van der Waals surface area contributed by atoms with Crippen LogP contribution >= 0.6 is 0 Å². The van der Waals surface area contributed by atoms with Crippen LogP contribution in [0.1, 0.15) is 30.1 Å². The van der Waals surface area contributed by atoms with E-state index >= 15 is 0 Å². The van der Waals surface area contributed by atoms with Crippen LogP contribution in [-0.4, -0.2) is 47.6 Å². The first-order valence-corrected chi connectivity index (χ1v) is 8.24. The van der Waals surface area contributed by atoms with Gasteiger partial charge in [0.15, 0.2) is 0 Å². The zero-order chi connectivity index (χ0) is 16.9. The fourth-order valence-electron chi connectivity index (χ4n) is 3.00. The third-order valence-corrected chi connectivity index (χ3v) is 4.28. The minimum atomic E-state index is -0.276. The molecule has 0 atom stereocenters.